The predicted molar refractivity (Wildman–Crippen MR) is 195 cm³/mol. The molecule has 15 nitrogen and oxygen atoms in total. The maximum Gasteiger partial charge on any atom is 0.459 e. The predicted octanol–water partition coefficient (Wildman–Crippen LogP) is 5.78. The van der Waals surface area contributed by atoms with Gasteiger partial charge in [0.15, 0.2) is 18.0 Å². The fourth-order valence-corrected chi connectivity index (χ4v) is 8.13. The summed E-state index contributed by atoms with van der Waals surface area (Å²) in [7, 11) is -4.41. The number of esters is 3. The summed E-state index contributed by atoms with van der Waals surface area (Å²) in [5, 5.41) is 7.08. The number of fused-ring (bicyclic) bond motifs is 1. The summed E-state index contributed by atoms with van der Waals surface area (Å²) >= 11 is 0. The van der Waals surface area contributed by atoms with E-state index in [0.717, 1.165) is 5.56 Å². The van der Waals surface area contributed by atoms with Crippen molar-refractivity contribution < 1.29 is 46.9 Å². The number of rotatable bonds is 14. The SMILES string of the molecule is CCC(=O)O[C@H]1[C@@H](OC(=O)CC)[C@](C)(c2ccc3c(N)ncnn23)O[C@@H]1COP(=O)(N[C@@H](C)C(=O)OC1CC(C)(C)C1)Oc1ccc(C(C)(C)C)cc1. The molecule has 0 bridgehead atoms. The van der Waals surface area contributed by atoms with Gasteiger partial charge in [0, 0.05) is 12.8 Å². The number of hydrogen-bond donors (Lipinski definition) is 2. The molecule has 0 amide bonds. The average molecular weight is 758 g/mol. The highest BCUT2D eigenvalue weighted by atomic mass is 31.2. The molecule has 3 N–H and O–H groups in total. The molecule has 1 aliphatic heterocycles. The van der Waals surface area contributed by atoms with E-state index in [1.165, 1.54) is 17.8 Å². The number of benzene rings is 1. The lowest BCUT2D eigenvalue weighted by molar-refractivity contribution is -0.170. The molecule has 53 heavy (non-hydrogen) atoms. The Labute approximate surface area is 310 Å². The van der Waals surface area contributed by atoms with E-state index in [2.05, 4.69) is 49.8 Å². The Balaban J connectivity index is 1.47. The summed E-state index contributed by atoms with van der Waals surface area (Å²) in [5.74, 6) is -1.36. The van der Waals surface area contributed by atoms with E-state index in [4.69, 9.17) is 33.7 Å². The molecule has 2 aromatic heterocycles. The zero-order chi connectivity index (χ0) is 38.9. The van der Waals surface area contributed by atoms with Gasteiger partial charge in [0.25, 0.3) is 0 Å². The van der Waals surface area contributed by atoms with Gasteiger partial charge in [-0.25, -0.2) is 14.1 Å². The quantitative estimate of drug-likeness (QED) is 0.114. The van der Waals surface area contributed by atoms with Gasteiger partial charge in [0.1, 0.15) is 41.4 Å². The third-order valence-corrected chi connectivity index (χ3v) is 11.2. The molecule has 2 aliphatic rings. The summed E-state index contributed by atoms with van der Waals surface area (Å²) in [5.41, 5.74) is 6.46. The number of carbonyl (C=O) groups excluding carboxylic acids is 3. The minimum atomic E-state index is -4.41. The molecule has 290 valence electrons. The van der Waals surface area contributed by atoms with Crippen molar-refractivity contribution in [3.63, 3.8) is 0 Å². The van der Waals surface area contributed by atoms with Crippen molar-refractivity contribution in [1.29, 1.82) is 0 Å². The number of anilines is 1. The smallest absolute Gasteiger partial charge is 0.459 e. The summed E-state index contributed by atoms with van der Waals surface area (Å²) in [6, 6.07) is 9.33. The topological polar surface area (TPSA) is 192 Å². The van der Waals surface area contributed by atoms with Gasteiger partial charge in [-0.05, 0) is 67.3 Å². The van der Waals surface area contributed by atoms with Gasteiger partial charge in [0.05, 0.1) is 12.3 Å². The normalized spacial score (nSPS) is 24.5. The van der Waals surface area contributed by atoms with Crippen molar-refractivity contribution in [3.8, 4) is 5.75 Å². The zero-order valence-corrected chi connectivity index (χ0v) is 32.8. The average Bonchev–Trinajstić information content (AvgIpc) is 3.63. The second-order valence-corrected chi connectivity index (χ2v) is 17.3. The first-order valence-corrected chi connectivity index (χ1v) is 19.5. The Kier molecular flexibility index (Phi) is 11.6. The number of nitrogens with zero attached hydrogens (tertiary/aromatic N) is 3. The first kappa shape index (κ1) is 40.2. The highest BCUT2D eigenvalue weighted by Crippen LogP contribution is 2.49. The van der Waals surface area contributed by atoms with Crippen LogP contribution < -0.4 is 15.3 Å². The molecule has 16 heteroatoms. The molecule has 3 aromatic rings. The molecule has 5 rings (SSSR count). The maximum absolute atomic E-state index is 14.7. The van der Waals surface area contributed by atoms with Crippen molar-refractivity contribution in [2.24, 2.45) is 5.41 Å². The monoisotopic (exact) mass is 757 g/mol. The summed E-state index contributed by atoms with van der Waals surface area (Å²) in [4.78, 5) is 42.9. The van der Waals surface area contributed by atoms with Crippen LogP contribution in [0, 0.1) is 5.41 Å². The van der Waals surface area contributed by atoms with Gasteiger partial charge in [-0.2, -0.15) is 10.2 Å². The fourth-order valence-electron chi connectivity index (χ4n) is 6.63. The van der Waals surface area contributed by atoms with Crippen LogP contribution >= 0.6 is 7.75 Å². The van der Waals surface area contributed by atoms with Crippen LogP contribution in [-0.4, -0.2) is 69.6 Å². The van der Waals surface area contributed by atoms with E-state index in [1.54, 1.807) is 45.0 Å². The van der Waals surface area contributed by atoms with Crippen molar-refractivity contribution >= 4 is 37.0 Å². The number of nitrogens with two attached hydrogens (primary N) is 1. The Morgan fingerprint density at radius 2 is 1.66 bits per heavy atom. The van der Waals surface area contributed by atoms with E-state index >= 15 is 0 Å². The molecule has 3 heterocycles. The van der Waals surface area contributed by atoms with Crippen LogP contribution in [0.15, 0.2) is 42.7 Å². The standard InChI is InChI=1S/C37H52N5O10P/c1-10-29(43)49-31-27(51-37(9,32(31)50-30(44)11-2)28-17-16-26-33(38)39-21-40-42(26)28)20-47-53(46,52-24-14-12-23(13-15-24)35(4,5)6)41-22(3)34(45)48-25-18-36(7,8)19-25/h12-17,21-22,25,27,31-32H,10-11,18-20H2,1-9H3,(H,41,46)(H2,38,39,40)/t22-,27+,31+,32+,37-,53?/m0/s1. The summed E-state index contributed by atoms with van der Waals surface area (Å²) < 4.78 is 52.3. The fraction of sp³-hybridized carbons (Fsp3) is 0.595. The molecule has 6 atom stereocenters. The number of nitrogens with one attached hydrogen (secondary N) is 1. The molecule has 1 saturated carbocycles. The highest BCUT2D eigenvalue weighted by molar-refractivity contribution is 7.52. The molecule has 1 saturated heterocycles. The molecule has 2 fully saturated rings. The molecular formula is C37H52N5O10P. The number of ether oxygens (including phenoxy) is 4. The van der Waals surface area contributed by atoms with Crippen molar-refractivity contribution in [2.75, 3.05) is 12.3 Å². The summed E-state index contributed by atoms with van der Waals surface area (Å²) in [6.07, 6.45) is -1.09. The Bertz CT molecular complexity index is 1850. The van der Waals surface area contributed by atoms with Crippen LogP contribution in [-0.2, 0) is 53.4 Å². The molecule has 0 spiro atoms. The maximum atomic E-state index is 14.7. The van der Waals surface area contributed by atoms with Crippen LogP contribution in [0.2, 0.25) is 0 Å². The van der Waals surface area contributed by atoms with Crippen LogP contribution in [0.5, 0.6) is 5.75 Å². The lowest BCUT2D eigenvalue weighted by Gasteiger charge is -2.42. The van der Waals surface area contributed by atoms with Crippen molar-refractivity contribution in [1.82, 2.24) is 19.7 Å². The number of aromatic nitrogens is 3. The van der Waals surface area contributed by atoms with Crippen LogP contribution in [0.25, 0.3) is 5.52 Å². The minimum absolute atomic E-state index is 0.0125. The number of carbonyl (C=O) groups is 3. The Morgan fingerprint density at radius 3 is 2.26 bits per heavy atom. The second kappa shape index (κ2) is 15.4. The van der Waals surface area contributed by atoms with E-state index in [-0.39, 0.29) is 41.3 Å². The molecule has 1 aromatic carbocycles. The van der Waals surface area contributed by atoms with Crippen molar-refractivity contribution in [2.45, 2.75) is 129 Å². The van der Waals surface area contributed by atoms with E-state index in [9.17, 15) is 18.9 Å². The first-order valence-electron chi connectivity index (χ1n) is 18.0. The summed E-state index contributed by atoms with van der Waals surface area (Å²) in [6.45, 7) is 16.3. The van der Waals surface area contributed by atoms with Crippen molar-refractivity contribution in [3.05, 3.63) is 54.0 Å². The lowest BCUT2D eigenvalue weighted by atomic mass is 9.70. The van der Waals surface area contributed by atoms with E-state index < -0.39 is 62.2 Å². The van der Waals surface area contributed by atoms with Crippen LogP contribution in [0.3, 0.4) is 0 Å². The van der Waals surface area contributed by atoms with Gasteiger partial charge in [-0.1, -0.05) is 60.6 Å². The largest absolute Gasteiger partial charge is 0.461 e. The third kappa shape index (κ3) is 9.02. The number of nitrogen functional groups attached to an aromatic ring is 1. The molecule has 0 radical (unpaired) electrons. The Hall–Kier alpha value is -4.04. The first-order chi connectivity index (χ1) is 24.8. The number of hydrogen-bond acceptors (Lipinski definition) is 13. The molecule has 1 aliphatic carbocycles. The minimum Gasteiger partial charge on any atom is -0.461 e. The third-order valence-electron chi connectivity index (χ3n) is 9.60. The second-order valence-electron chi connectivity index (χ2n) is 15.6. The van der Waals surface area contributed by atoms with Gasteiger partial charge < -0.3 is 29.2 Å². The van der Waals surface area contributed by atoms with Gasteiger partial charge in [-0.3, -0.25) is 18.9 Å². The van der Waals surface area contributed by atoms with Gasteiger partial charge in [0.2, 0.25) is 0 Å². The van der Waals surface area contributed by atoms with Gasteiger partial charge in [-0.15, -0.1) is 0 Å². The Morgan fingerprint density at radius 1 is 1.02 bits per heavy atom. The zero-order valence-electron chi connectivity index (χ0n) is 31.9. The van der Waals surface area contributed by atoms with E-state index in [1.807, 2.05) is 12.1 Å². The van der Waals surface area contributed by atoms with E-state index in [0.29, 0.717) is 24.1 Å². The lowest BCUT2D eigenvalue weighted by Crippen LogP contribution is -2.45. The highest BCUT2D eigenvalue weighted by Gasteiger charge is 2.59. The molecule has 1 unspecified atom stereocenters. The molecular weight excluding hydrogens is 705 g/mol. The van der Waals surface area contributed by atoms with Crippen LogP contribution in [0.1, 0.15) is 99.3 Å². The van der Waals surface area contributed by atoms with Gasteiger partial charge >= 0.3 is 25.7 Å². The van der Waals surface area contributed by atoms with Crippen LogP contribution in [0.4, 0.5) is 5.82 Å².